The van der Waals surface area contributed by atoms with Crippen molar-refractivity contribution in [3.8, 4) is 17.2 Å². The molecule has 8 heteroatoms. The first-order valence-corrected chi connectivity index (χ1v) is 10.5. The van der Waals surface area contributed by atoms with Crippen LogP contribution in [-0.2, 0) is 11.4 Å². The van der Waals surface area contributed by atoms with Crippen molar-refractivity contribution >= 4 is 17.5 Å². The third kappa shape index (κ3) is 6.96. The summed E-state index contributed by atoms with van der Waals surface area (Å²) in [5.74, 6) is 1.16. The first kappa shape index (κ1) is 23.6. The maximum absolute atomic E-state index is 12.7. The van der Waals surface area contributed by atoms with Crippen LogP contribution in [0.4, 0.5) is 5.69 Å². The van der Waals surface area contributed by atoms with Crippen molar-refractivity contribution in [3.05, 3.63) is 78.1 Å². The van der Waals surface area contributed by atoms with Crippen molar-refractivity contribution < 1.29 is 23.8 Å². The normalized spacial score (nSPS) is 10.3. The third-order valence-electron chi connectivity index (χ3n) is 4.60. The zero-order chi connectivity index (χ0) is 23.6. The number of amides is 2. The van der Waals surface area contributed by atoms with E-state index in [4.69, 9.17) is 14.2 Å². The van der Waals surface area contributed by atoms with Crippen molar-refractivity contribution in [2.24, 2.45) is 0 Å². The highest BCUT2D eigenvalue weighted by Crippen LogP contribution is 2.29. The Bertz CT molecular complexity index is 1070. The van der Waals surface area contributed by atoms with E-state index in [0.717, 1.165) is 5.56 Å². The van der Waals surface area contributed by atoms with Gasteiger partial charge in [-0.1, -0.05) is 6.07 Å². The number of aromatic nitrogens is 1. The molecule has 0 fully saturated rings. The highest BCUT2D eigenvalue weighted by molar-refractivity contribution is 6.04. The average Bonchev–Trinajstić information content (AvgIpc) is 2.83. The molecule has 0 aliphatic carbocycles. The molecule has 2 amide bonds. The van der Waals surface area contributed by atoms with Gasteiger partial charge in [-0.25, -0.2) is 0 Å². The molecular weight excluding hydrogens is 422 g/mol. The van der Waals surface area contributed by atoms with Crippen molar-refractivity contribution in [3.63, 3.8) is 0 Å². The second-order valence-corrected chi connectivity index (χ2v) is 7.30. The van der Waals surface area contributed by atoms with Gasteiger partial charge in [0.15, 0.2) is 18.1 Å². The first-order valence-electron chi connectivity index (χ1n) is 10.5. The highest BCUT2D eigenvalue weighted by atomic mass is 16.5. The van der Waals surface area contributed by atoms with Crippen LogP contribution in [0.15, 0.2) is 67.0 Å². The zero-order valence-electron chi connectivity index (χ0n) is 18.9. The number of carbonyl (C=O) groups is 2. The van der Waals surface area contributed by atoms with Crippen molar-refractivity contribution in [1.29, 1.82) is 0 Å². The smallest absolute Gasteiger partial charge is 0.259 e. The standard InChI is InChI=1S/C25H27N3O5/c1-4-31-23-14-19(7-12-22(23)33-16-18-6-5-13-26-15-18)25(30)27-20-8-10-21(11-9-20)32-17-24(29)28(2)3/h5-15H,4,16-17H2,1-3H3,(H,27,30). The summed E-state index contributed by atoms with van der Waals surface area (Å²) >= 11 is 0. The number of anilines is 1. The molecule has 1 heterocycles. The predicted molar refractivity (Wildman–Crippen MR) is 125 cm³/mol. The van der Waals surface area contributed by atoms with Crippen LogP contribution in [0, 0.1) is 0 Å². The molecule has 1 aromatic heterocycles. The quantitative estimate of drug-likeness (QED) is 0.507. The maximum atomic E-state index is 12.7. The minimum absolute atomic E-state index is 0.0475. The molecule has 3 rings (SSSR count). The van der Waals surface area contributed by atoms with Crippen molar-refractivity contribution in [2.75, 3.05) is 32.6 Å². The Kier molecular flexibility index (Phi) is 8.24. The molecule has 0 unspecified atom stereocenters. The molecule has 0 bridgehead atoms. The van der Waals surface area contributed by atoms with Crippen molar-refractivity contribution in [1.82, 2.24) is 9.88 Å². The topological polar surface area (TPSA) is 90.0 Å². The third-order valence-corrected chi connectivity index (χ3v) is 4.60. The van der Waals surface area contributed by atoms with Gasteiger partial charge in [-0.3, -0.25) is 14.6 Å². The monoisotopic (exact) mass is 449 g/mol. The van der Waals surface area contributed by atoms with Crippen LogP contribution in [0.2, 0.25) is 0 Å². The number of likely N-dealkylation sites (N-methyl/N-ethyl adjacent to an activating group) is 1. The summed E-state index contributed by atoms with van der Waals surface area (Å²) in [5.41, 5.74) is 1.96. The summed E-state index contributed by atoms with van der Waals surface area (Å²) in [7, 11) is 3.33. The highest BCUT2D eigenvalue weighted by Gasteiger charge is 2.13. The second-order valence-electron chi connectivity index (χ2n) is 7.30. The van der Waals surface area contributed by atoms with Gasteiger partial charge in [0.25, 0.3) is 11.8 Å². The fraction of sp³-hybridized carbons (Fsp3) is 0.240. The number of carbonyl (C=O) groups excluding carboxylic acids is 2. The van der Waals surface area contributed by atoms with Gasteiger partial charge in [-0.2, -0.15) is 0 Å². The summed E-state index contributed by atoms with van der Waals surface area (Å²) in [4.78, 5) is 29.9. The lowest BCUT2D eigenvalue weighted by atomic mass is 10.1. The summed E-state index contributed by atoms with van der Waals surface area (Å²) in [6.45, 7) is 2.60. The molecule has 0 aliphatic heterocycles. The van der Waals surface area contributed by atoms with E-state index in [2.05, 4.69) is 10.3 Å². The van der Waals surface area contributed by atoms with Gasteiger partial charge in [0.2, 0.25) is 0 Å². The molecule has 0 spiro atoms. The number of pyridine rings is 1. The SMILES string of the molecule is CCOc1cc(C(=O)Nc2ccc(OCC(=O)N(C)C)cc2)ccc1OCc1cccnc1. The summed E-state index contributed by atoms with van der Waals surface area (Å²) in [6.07, 6.45) is 3.44. The van der Waals surface area contributed by atoms with E-state index in [-0.39, 0.29) is 18.4 Å². The van der Waals surface area contributed by atoms with Crippen molar-refractivity contribution in [2.45, 2.75) is 13.5 Å². The lowest BCUT2D eigenvalue weighted by Crippen LogP contribution is -2.27. The molecule has 0 radical (unpaired) electrons. The minimum Gasteiger partial charge on any atom is -0.490 e. The second kappa shape index (κ2) is 11.5. The molecule has 0 atom stereocenters. The summed E-state index contributed by atoms with van der Waals surface area (Å²) < 4.78 is 17.0. The number of rotatable bonds is 10. The zero-order valence-corrected chi connectivity index (χ0v) is 18.9. The maximum Gasteiger partial charge on any atom is 0.259 e. The average molecular weight is 450 g/mol. The largest absolute Gasteiger partial charge is 0.490 e. The van der Waals surface area contributed by atoms with E-state index in [1.54, 1.807) is 69.0 Å². The van der Waals surface area contributed by atoms with Crippen LogP contribution in [0.5, 0.6) is 17.2 Å². The van der Waals surface area contributed by atoms with Gasteiger partial charge in [0.1, 0.15) is 12.4 Å². The molecule has 3 aromatic rings. The molecule has 8 nitrogen and oxygen atoms in total. The van der Waals surface area contributed by atoms with Gasteiger partial charge < -0.3 is 24.4 Å². The fourth-order valence-electron chi connectivity index (χ4n) is 2.79. The van der Waals surface area contributed by atoms with Gasteiger partial charge in [-0.05, 0) is 55.5 Å². The minimum atomic E-state index is -0.286. The van der Waals surface area contributed by atoms with Gasteiger partial charge >= 0.3 is 0 Å². The van der Waals surface area contributed by atoms with Crippen LogP contribution < -0.4 is 19.5 Å². The molecule has 172 valence electrons. The van der Waals surface area contributed by atoms with E-state index in [1.807, 2.05) is 19.1 Å². The lowest BCUT2D eigenvalue weighted by molar-refractivity contribution is -0.130. The Balaban J connectivity index is 1.63. The Hall–Kier alpha value is -4.07. The molecule has 33 heavy (non-hydrogen) atoms. The van der Waals surface area contributed by atoms with E-state index in [0.29, 0.717) is 41.7 Å². The van der Waals surface area contributed by atoms with Crippen LogP contribution in [-0.4, -0.2) is 49.0 Å². The van der Waals surface area contributed by atoms with Gasteiger partial charge in [0.05, 0.1) is 6.61 Å². The van der Waals surface area contributed by atoms with Crippen LogP contribution in [0.3, 0.4) is 0 Å². The van der Waals surface area contributed by atoms with E-state index in [1.165, 1.54) is 4.90 Å². The Morgan fingerprint density at radius 3 is 2.42 bits per heavy atom. The number of ether oxygens (including phenoxy) is 3. The van der Waals surface area contributed by atoms with E-state index < -0.39 is 0 Å². The molecule has 0 aliphatic rings. The van der Waals surface area contributed by atoms with E-state index >= 15 is 0 Å². The predicted octanol–water partition coefficient (Wildman–Crippen LogP) is 3.78. The Morgan fingerprint density at radius 2 is 1.76 bits per heavy atom. The molecule has 0 saturated heterocycles. The van der Waals surface area contributed by atoms with Crippen LogP contribution in [0.25, 0.3) is 0 Å². The molecule has 2 aromatic carbocycles. The number of nitrogens with one attached hydrogen (secondary N) is 1. The molecular formula is C25H27N3O5. The summed E-state index contributed by atoms with van der Waals surface area (Å²) in [5, 5.41) is 2.84. The van der Waals surface area contributed by atoms with Crippen LogP contribution in [0.1, 0.15) is 22.8 Å². The first-order chi connectivity index (χ1) is 16.0. The number of nitrogens with zero attached hydrogens (tertiary/aromatic N) is 2. The van der Waals surface area contributed by atoms with Gasteiger partial charge in [0, 0.05) is 43.3 Å². The van der Waals surface area contributed by atoms with E-state index in [9.17, 15) is 9.59 Å². The van der Waals surface area contributed by atoms with Gasteiger partial charge in [-0.15, -0.1) is 0 Å². The number of hydrogen-bond donors (Lipinski definition) is 1. The number of hydrogen-bond acceptors (Lipinski definition) is 6. The fourth-order valence-corrected chi connectivity index (χ4v) is 2.79. The lowest BCUT2D eigenvalue weighted by Gasteiger charge is -2.14. The molecule has 0 saturated carbocycles. The molecule has 1 N–H and O–H groups in total. The van der Waals surface area contributed by atoms with Crippen LogP contribution >= 0.6 is 0 Å². The summed E-state index contributed by atoms with van der Waals surface area (Å²) in [6, 6.07) is 15.6. The number of benzene rings is 2. The Labute approximate surface area is 193 Å². The Morgan fingerprint density at radius 1 is 0.970 bits per heavy atom.